The first-order valence-electron chi connectivity index (χ1n) is 5.61. The molecule has 1 aliphatic carbocycles. The van der Waals surface area contributed by atoms with Gasteiger partial charge in [-0.1, -0.05) is 13.3 Å². The summed E-state index contributed by atoms with van der Waals surface area (Å²) in [6, 6.07) is 0. The quantitative estimate of drug-likeness (QED) is 0.698. The van der Waals surface area contributed by atoms with Crippen LogP contribution in [-0.4, -0.2) is 36.2 Å². The largest absolute Gasteiger partial charge is 0.396 e. The van der Waals surface area contributed by atoms with Crippen LogP contribution in [0.2, 0.25) is 0 Å². The van der Waals surface area contributed by atoms with Gasteiger partial charge in [-0.3, -0.25) is 0 Å². The van der Waals surface area contributed by atoms with Gasteiger partial charge in [-0.15, -0.1) is 0 Å². The molecule has 1 heterocycles. The third kappa shape index (κ3) is 2.05. The Labute approximate surface area is 80.9 Å². The number of hydrogen-bond acceptors (Lipinski definition) is 2. The molecule has 0 atom stereocenters. The Morgan fingerprint density at radius 1 is 1.38 bits per heavy atom. The number of aliphatic hydroxyl groups is 1. The third-order valence-corrected chi connectivity index (χ3v) is 3.58. The number of nitrogens with zero attached hydrogens (tertiary/aromatic N) is 1. The van der Waals surface area contributed by atoms with E-state index in [1.54, 1.807) is 0 Å². The highest BCUT2D eigenvalue weighted by Crippen LogP contribution is 2.46. The van der Waals surface area contributed by atoms with Gasteiger partial charge < -0.3 is 10.0 Å². The van der Waals surface area contributed by atoms with E-state index < -0.39 is 0 Å². The van der Waals surface area contributed by atoms with Crippen LogP contribution < -0.4 is 0 Å². The topological polar surface area (TPSA) is 23.5 Å². The van der Waals surface area contributed by atoms with Crippen LogP contribution in [0.5, 0.6) is 0 Å². The molecule has 2 nitrogen and oxygen atoms in total. The predicted octanol–water partition coefficient (Wildman–Crippen LogP) is 1.49. The molecule has 2 aliphatic rings. The van der Waals surface area contributed by atoms with Crippen molar-refractivity contribution >= 4 is 0 Å². The van der Waals surface area contributed by atoms with Crippen molar-refractivity contribution < 1.29 is 5.11 Å². The summed E-state index contributed by atoms with van der Waals surface area (Å²) in [5.41, 5.74) is 0.331. The van der Waals surface area contributed by atoms with E-state index >= 15 is 0 Å². The van der Waals surface area contributed by atoms with Gasteiger partial charge in [0.2, 0.25) is 0 Å². The first kappa shape index (κ1) is 9.47. The van der Waals surface area contributed by atoms with Crippen LogP contribution in [0.15, 0.2) is 0 Å². The molecule has 76 valence electrons. The number of rotatable bonds is 5. The maximum atomic E-state index is 9.17. The van der Waals surface area contributed by atoms with Crippen molar-refractivity contribution in [2.45, 2.75) is 32.6 Å². The minimum Gasteiger partial charge on any atom is -0.396 e. The fourth-order valence-electron chi connectivity index (χ4n) is 2.41. The Morgan fingerprint density at radius 3 is 2.54 bits per heavy atom. The molecule has 2 heteroatoms. The monoisotopic (exact) mass is 183 g/mol. The molecule has 0 bridgehead atoms. The maximum absolute atomic E-state index is 9.17. The highest BCUT2D eigenvalue weighted by atomic mass is 16.3. The van der Waals surface area contributed by atoms with Crippen molar-refractivity contribution in [3.63, 3.8) is 0 Å². The molecule has 0 radical (unpaired) electrons. The van der Waals surface area contributed by atoms with Gasteiger partial charge in [0.1, 0.15) is 0 Å². The molecule has 1 saturated carbocycles. The summed E-state index contributed by atoms with van der Waals surface area (Å²) in [5.74, 6) is 0.958. The summed E-state index contributed by atoms with van der Waals surface area (Å²) >= 11 is 0. The van der Waals surface area contributed by atoms with Gasteiger partial charge in [0, 0.05) is 31.7 Å². The van der Waals surface area contributed by atoms with Gasteiger partial charge >= 0.3 is 0 Å². The van der Waals surface area contributed by atoms with E-state index in [1.807, 2.05) is 0 Å². The Morgan fingerprint density at radius 2 is 2.08 bits per heavy atom. The summed E-state index contributed by atoms with van der Waals surface area (Å²) in [7, 11) is 0. The predicted molar refractivity (Wildman–Crippen MR) is 53.6 cm³/mol. The lowest BCUT2D eigenvalue weighted by molar-refractivity contribution is 0.0535. The molecule has 0 aromatic heterocycles. The van der Waals surface area contributed by atoms with Crippen molar-refractivity contribution in [3.05, 3.63) is 0 Å². The second-order valence-corrected chi connectivity index (χ2v) is 5.01. The highest BCUT2D eigenvalue weighted by Gasteiger charge is 2.45. The Kier molecular flexibility index (Phi) is 2.61. The lowest BCUT2D eigenvalue weighted by Gasteiger charge is -2.41. The number of likely N-dealkylation sites (tertiary alicyclic amines) is 1. The minimum absolute atomic E-state index is 0.331. The summed E-state index contributed by atoms with van der Waals surface area (Å²) in [4.78, 5) is 2.52. The van der Waals surface area contributed by atoms with Crippen LogP contribution in [-0.2, 0) is 0 Å². The maximum Gasteiger partial charge on any atom is 0.0499 e. The summed E-state index contributed by atoms with van der Waals surface area (Å²) in [6.45, 7) is 6.40. The second kappa shape index (κ2) is 3.58. The molecular formula is C11H21NO. The van der Waals surface area contributed by atoms with E-state index in [2.05, 4.69) is 11.8 Å². The van der Waals surface area contributed by atoms with Crippen LogP contribution in [0.4, 0.5) is 0 Å². The van der Waals surface area contributed by atoms with Crippen molar-refractivity contribution in [1.82, 2.24) is 4.90 Å². The third-order valence-electron chi connectivity index (χ3n) is 3.58. The molecule has 2 rings (SSSR count). The van der Waals surface area contributed by atoms with Crippen LogP contribution >= 0.6 is 0 Å². The molecule has 0 spiro atoms. The standard InChI is InChI=1S/C11H21NO/c1-2-3-10-6-12(7-10)8-11(9-13)4-5-11/h10,13H,2-9H2,1H3. The SMILES string of the molecule is CCCC1CN(CC2(CO)CC2)C1. The fourth-order valence-corrected chi connectivity index (χ4v) is 2.41. The Balaban J connectivity index is 1.64. The fraction of sp³-hybridized carbons (Fsp3) is 1.00. The van der Waals surface area contributed by atoms with E-state index in [0.717, 1.165) is 12.5 Å². The molecule has 1 saturated heterocycles. The minimum atomic E-state index is 0.331. The van der Waals surface area contributed by atoms with E-state index in [4.69, 9.17) is 5.11 Å². The lowest BCUT2D eigenvalue weighted by Crippen LogP contribution is -2.49. The molecule has 0 amide bonds. The first-order valence-corrected chi connectivity index (χ1v) is 5.61. The van der Waals surface area contributed by atoms with Gasteiger partial charge in [0.25, 0.3) is 0 Å². The smallest absolute Gasteiger partial charge is 0.0499 e. The van der Waals surface area contributed by atoms with Crippen LogP contribution in [0.25, 0.3) is 0 Å². The average molecular weight is 183 g/mol. The molecule has 0 aromatic rings. The second-order valence-electron chi connectivity index (χ2n) is 5.01. The summed E-state index contributed by atoms with van der Waals surface area (Å²) < 4.78 is 0. The Hall–Kier alpha value is -0.0800. The lowest BCUT2D eigenvalue weighted by atomic mass is 9.93. The van der Waals surface area contributed by atoms with Crippen molar-refractivity contribution in [2.75, 3.05) is 26.2 Å². The van der Waals surface area contributed by atoms with Crippen molar-refractivity contribution in [1.29, 1.82) is 0 Å². The van der Waals surface area contributed by atoms with E-state index in [0.29, 0.717) is 12.0 Å². The van der Waals surface area contributed by atoms with Gasteiger partial charge in [0.15, 0.2) is 0 Å². The van der Waals surface area contributed by atoms with Crippen LogP contribution in [0, 0.1) is 11.3 Å². The van der Waals surface area contributed by atoms with Crippen LogP contribution in [0.3, 0.4) is 0 Å². The zero-order chi connectivity index (χ0) is 9.31. The molecule has 2 fully saturated rings. The summed E-state index contributed by atoms with van der Waals surface area (Å²) in [6.07, 6.45) is 5.21. The molecule has 1 aliphatic heterocycles. The first-order chi connectivity index (χ1) is 6.28. The normalized spacial score (nSPS) is 27.2. The van der Waals surface area contributed by atoms with Gasteiger partial charge in [-0.25, -0.2) is 0 Å². The molecule has 1 N–H and O–H groups in total. The molecule has 13 heavy (non-hydrogen) atoms. The highest BCUT2D eigenvalue weighted by molar-refractivity contribution is 4.97. The zero-order valence-electron chi connectivity index (χ0n) is 8.63. The van der Waals surface area contributed by atoms with Gasteiger partial charge in [-0.05, 0) is 25.2 Å². The number of hydrogen-bond donors (Lipinski definition) is 1. The summed E-state index contributed by atoms with van der Waals surface area (Å²) in [5, 5.41) is 9.17. The molecular weight excluding hydrogens is 162 g/mol. The van der Waals surface area contributed by atoms with Gasteiger partial charge in [0.05, 0.1) is 0 Å². The van der Waals surface area contributed by atoms with Crippen molar-refractivity contribution in [2.24, 2.45) is 11.3 Å². The van der Waals surface area contributed by atoms with Gasteiger partial charge in [-0.2, -0.15) is 0 Å². The van der Waals surface area contributed by atoms with E-state index in [1.165, 1.54) is 38.8 Å². The molecule has 0 unspecified atom stereocenters. The van der Waals surface area contributed by atoms with E-state index in [9.17, 15) is 0 Å². The average Bonchev–Trinajstić information content (AvgIpc) is 2.82. The van der Waals surface area contributed by atoms with E-state index in [-0.39, 0.29) is 0 Å². The zero-order valence-corrected chi connectivity index (χ0v) is 8.63. The number of aliphatic hydroxyl groups excluding tert-OH is 1. The molecule has 0 aromatic carbocycles. The van der Waals surface area contributed by atoms with Crippen molar-refractivity contribution in [3.8, 4) is 0 Å². The Bertz CT molecular complexity index is 171. The van der Waals surface area contributed by atoms with Crippen LogP contribution in [0.1, 0.15) is 32.6 Å².